The number of hydrogen-bond donors (Lipinski definition) is 1. The molecule has 1 aliphatic heterocycles. The van der Waals surface area contributed by atoms with E-state index >= 15 is 0 Å². The third-order valence-electron chi connectivity index (χ3n) is 7.85. The van der Waals surface area contributed by atoms with Crippen LogP contribution >= 0.6 is 0 Å². The van der Waals surface area contributed by atoms with Crippen LogP contribution in [-0.4, -0.2) is 49.5 Å². The standard InChI is InChI=1S/C31H32N6O2/c1-19(2)34-28-27-30(33-18-32-28)37(17-20-11-13-36(16-20)31(38)23-7-8-23)29(35-27)22-5-3-21(4-6-22)24-9-10-26-25(15-24)12-14-39-26/h3-6,9-10,12,14-15,18-20,23H,7-8,11,13,16-17H2,1-2H3,(H,32,33,34)/t20-/m1/s1. The van der Waals surface area contributed by atoms with E-state index in [2.05, 4.69) is 75.0 Å². The van der Waals surface area contributed by atoms with E-state index in [0.29, 0.717) is 11.8 Å². The number of amides is 1. The van der Waals surface area contributed by atoms with Gasteiger partial charge >= 0.3 is 0 Å². The summed E-state index contributed by atoms with van der Waals surface area (Å²) in [6.45, 7) is 6.58. The molecule has 198 valence electrons. The largest absolute Gasteiger partial charge is 0.464 e. The summed E-state index contributed by atoms with van der Waals surface area (Å²) in [5, 5.41) is 4.52. The lowest BCUT2D eigenvalue weighted by Gasteiger charge is -2.17. The number of furan rings is 1. The van der Waals surface area contributed by atoms with E-state index in [0.717, 1.165) is 89.4 Å². The maximum Gasteiger partial charge on any atom is 0.225 e. The molecule has 2 fully saturated rings. The molecule has 8 heteroatoms. The lowest BCUT2D eigenvalue weighted by atomic mass is 10.0. The maximum absolute atomic E-state index is 12.7. The molecule has 3 aromatic heterocycles. The predicted octanol–water partition coefficient (Wildman–Crippen LogP) is 5.99. The summed E-state index contributed by atoms with van der Waals surface area (Å²) in [4.78, 5) is 29.0. The summed E-state index contributed by atoms with van der Waals surface area (Å²) in [7, 11) is 0. The van der Waals surface area contributed by atoms with E-state index in [1.807, 2.05) is 12.1 Å². The van der Waals surface area contributed by atoms with Crippen molar-refractivity contribution in [3.8, 4) is 22.5 Å². The number of imidazole rings is 1. The smallest absolute Gasteiger partial charge is 0.225 e. The predicted molar refractivity (Wildman–Crippen MR) is 152 cm³/mol. The molecule has 8 nitrogen and oxygen atoms in total. The third-order valence-corrected chi connectivity index (χ3v) is 7.85. The van der Waals surface area contributed by atoms with Gasteiger partial charge in [-0.05, 0) is 68.4 Å². The number of benzene rings is 2. The van der Waals surface area contributed by atoms with E-state index in [1.165, 1.54) is 0 Å². The molecule has 2 aromatic carbocycles. The summed E-state index contributed by atoms with van der Waals surface area (Å²) in [6, 6.07) is 17.0. The van der Waals surface area contributed by atoms with Gasteiger partial charge in [0.05, 0.1) is 6.26 Å². The van der Waals surface area contributed by atoms with Gasteiger partial charge in [0, 0.05) is 42.5 Å². The first kappa shape index (κ1) is 23.9. The molecule has 1 aliphatic carbocycles. The Balaban J connectivity index is 1.24. The van der Waals surface area contributed by atoms with Crippen LogP contribution in [0.2, 0.25) is 0 Å². The van der Waals surface area contributed by atoms with Crippen LogP contribution in [-0.2, 0) is 11.3 Å². The van der Waals surface area contributed by atoms with Gasteiger partial charge in [0.2, 0.25) is 5.91 Å². The highest BCUT2D eigenvalue weighted by Crippen LogP contribution is 2.35. The molecule has 1 saturated heterocycles. The fraction of sp³-hybridized carbons (Fsp3) is 0.355. The van der Waals surface area contributed by atoms with Gasteiger partial charge in [-0.15, -0.1) is 0 Å². The first-order valence-corrected chi connectivity index (χ1v) is 13.9. The highest BCUT2D eigenvalue weighted by atomic mass is 16.3. The lowest BCUT2D eigenvalue weighted by Crippen LogP contribution is -2.30. The highest BCUT2D eigenvalue weighted by Gasteiger charge is 2.37. The van der Waals surface area contributed by atoms with Crippen molar-refractivity contribution < 1.29 is 9.21 Å². The van der Waals surface area contributed by atoms with Crippen molar-refractivity contribution in [2.24, 2.45) is 11.8 Å². The number of carbonyl (C=O) groups excluding carboxylic acids is 1. The van der Waals surface area contributed by atoms with Crippen molar-refractivity contribution in [2.45, 2.75) is 45.7 Å². The van der Waals surface area contributed by atoms with Crippen molar-refractivity contribution in [1.82, 2.24) is 24.4 Å². The second-order valence-electron chi connectivity index (χ2n) is 11.2. The summed E-state index contributed by atoms with van der Waals surface area (Å²) in [5.41, 5.74) is 5.80. The Hall–Kier alpha value is -4.20. The van der Waals surface area contributed by atoms with E-state index in [4.69, 9.17) is 9.40 Å². The average Bonchev–Trinajstić information content (AvgIpc) is 3.33. The summed E-state index contributed by atoms with van der Waals surface area (Å²) >= 11 is 0. The van der Waals surface area contributed by atoms with E-state index in [-0.39, 0.29) is 12.0 Å². The lowest BCUT2D eigenvalue weighted by molar-refractivity contribution is -0.131. The molecule has 0 unspecified atom stereocenters. The molecule has 5 aromatic rings. The maximum atomic E-state index is 12.7. The molecule has 7 rings (SSSR count). The fourth-order valence-electron chi connectivity index (χ4n) is 5.70. The van der Waals surface area contributed by atoms with E-state index in [1.54, 1.807) is 12.6 Å². The van der Waals surface area contributed by atoms with Crippen LogP contribution in [0.3, 0.4) is 0 Å². The molecule has 1 saturated carbocycles. The summed E-state index contributed by atoms with van der Waals surface area (Å²) in [6.07, 6.45) is 6.42. The minimum Gasteiger partial charge on any atom is -0.464 e. The number of nitrogens with zero attached hydrogens (tertiary/aromatic N) is 5. The number of aromatic nitrogens is 4. The molecule has 4 heterocycles. The van der Waals surface area contributed by atoms with Gasteiger partial charge in [-0.1, -0.05) is 30.3 Å². The molecule has 39 heavy (non-hydrogen) atoms. The fourth-order valence-corrected chi connectivity index (χ4v) is 5.70. The Morgan fingerprint density at radius 3 is 2.62 bits per heavy atom. The van der Waals surface area contributed by atoms with Gasteiger partial charge in [-0.2, -0.15) is 0 Å². The first-order valence-electron chi connectivity index (χ1n) is 13.9. The van der Waals surface area contributed by atoms with Crippen LogP contribution in [0, 0.1) is 11.8 Å². The van der Waals surface area contributed by atoms with Crippen molar-refractivity contribution in [3.05, 3.63) is 61.1 Å². The number of likely N-dealkylation sites (tertiary alicyclic amines) is 1. The van der Waals surface area contributed by atoms with Crippen molar-refractivity contribution >= 4 is 33.9 Å². The number of carbonyl (C=O) groups is 1. The Labute approximate surface area is 227 Å². The second-order valence-corrected chi connectivity index (χ2v) is 11.2. The number of rotatable bonds is 7. The first-order chi connectivity index (χ1) is 19.0. The van der Waals surface area contributed by atoms with Gasteiger partial charge in [-0.25, -0.2) is 15.0 Å². The van der Waals surface area contributed by atoms with Gasteiger partial charge in [0.1, 0.15) is 17.7 Å². The molecule has 0 bridgehead atoms. The topological polar surface area (TPSA) is 89.1 Å². The van der Waals surface area contributed by atoms with Gasteiger partial charge in [0.15, 0.2) is 17.0 Å². The van der Waals surface area contributed by atoms with Gasteiger partial charge in [-0.3, -0.25) is 4.79 Å². The quantitative estimate of drug-likeness (QED) is 0.284. The molecule has 1 atom stereocenters. The van der Waals surface area contributed by atoms with E-state index < -0.39 is 0 Å². The third kappa shape index (κ3) is 4.54. The molecule has 0 radical (unpaired) electrons. The van der Waals surface area contributed by atoms with Gasteiger partial charge in [0.25, 0.3) is 0 Å². The zero-order valence-corrected chi connectivity index (χ0v) is 22.3. The van der Waals surface area contributed by atoms with Crippen molar-refractivity contribution in [3.63, 3.8) is 0 Å². The SMILES string of the molecule is CC(C)Nc1ncnc2c1nc(-c1ccc(-c3ccc4occc4c3)cc1)n2C[C@@H]1CCN(C(=O)C2CC2)C1. The zero-order chi connectivity index (χ0) is 26.5. The van der Waals surface area contributed by atoms with Crippen LogP contribution in [0.15, 0.2) is 65.5 Å². The van der Waals surface area contributed by atoms with Crippen LogP contribution in [0.25, 0.3) is 44.6 Å². The van der Waals surface area contributed by atoms with Gasteiger partial charge < -0.3 is 19.2 Å². The van der Waals surface area contributed by atoms with Crippen LogP contribution in [0.5, 0.6) is 0 Å². The Bertz CT molecular complexity index is 1660. The number of hydrogen-bond acceptors (Lipinski definition) is 6. The Kier molecular flexibility index (Phi) is 5.83. The molecule has 2 aliphatic rings. The number of fused-ring (bicyclic) bond motifs is 2. The second kappa shape index (κ2) is 9.52. The number of nitrogens with one attached hydrogen (secondary N) is 1. The Morgan fingerprint density at radius 2 is 1.82 bits per heavy atom. The molecule has 0 spiro atoms. The molecular formula is C31H32N6O2. The zero-order valence-electron chi connectivity index (χ0n) is 22.3. The van der Waals surface area contributed by atoms with E-state index in [9.17, 15) is 4.79 Å². The number of anilines is 1. The monoisotopic (exact) mass is 520 g/mol. The summed E-state index contributed by atoms with van der Waals surface area (Å²) < 4.78 is 7.73. The van der Waals surface area contributed by atoms with Crippen LogP contribution < -0.4 is 5.32 Å². The molecule has 1 N–H and O–H groups in total. The van der Waals surface area contributed by atoms with Crippen LogP contribution in [0.4, 0.5) is 5.82 Å². The molecular weight excluding hydrogens is 488 g/mol. The van der Waals surface area contributed by atoms with Crippen molar-refractivity contribution in [1.29, 1.82) is 0 Å². The van der Waals surface area contributed by atoms with Crippen LogP contribution in [0.1, 0.15) is 33.1 Å². The minimum atomic E-state index is 0.223. The van der Waals surface area contributed by atoms with Crippen molar-refractivity contribution in [2.75, 3.05) is 18.4 Å². The highest BCUT2D eigenvalue weighted by molar-refractivity contribution is 5.87. The normalized spacial score (nSPS) is 17.5. The average molecular weight is 521 g/mol. The minimum absolute atomic E-state index is 0.223. The summed E-state index contributed by atoms with van der Waals surface area (Å²) in [5.74, 6) is 2.58. The molecule has 1 amide bonds. The Morgan fingerprint density at radius 1 is 1.03 bits per heavy atom.